The van der Waals surface area contributed by atoms with Crippen LogP contribution in [0.15, 0.2) is 28.7 Å². The Bertz CT molecular complexity index is 545. The fourth-order valence-corrected chi connectivity index (χ4v) is 3.27. The molecule has 4 heteroatoms. The van der Waals surface area contributed by atoms with Crippen LogP contribution in [0.25, 0.3) is 0 Å². The average molecular weight is 353 g/mol. The van der Waals surface area contributed by atoms with Gasteiger partial charge in [0.05, 0.1) is 5.92 Å². The van der Waals surface area contributed by atoms with Gasteiger partial charge in [-0.3, -0.25) is 9.59 Å². The molecule has 0 aliphatic heterocycles. The molecule has 114 valence electrons. The predicted octanol–water partition coefficient (Wildman–Crippen LogP) is 4.39. The predicted molar refractivity (Wildman–Crippen MR) is 85.1 cm³/mol. The third kappa shape index (κ3) is 3.94. The molecule has 0 heterocycles. The molecule has 0 aromatic heterocycles. The van der Waals surface area contributed by atoms with Crippen LogP contribution in [0.1, 0.15) is 50.4 Å². The summed E-state index contributed by atoms with van der Waals surface area (Å²) in [5, 5.41) is 0. The van der Waals surface area contributed by atoms with Crippen LogP contribution >= 0.6 is 15.9 Å². The Hall–Kier alpha value is -1.16. The molecule has 1 saturated carbocycles. The molecule has 1 aliphatic rings. The average Bonchev–Trinajstić information content (AvgIpc) is 2.85. The van der Waals surface area contributed by atoms with Gasteiger partial charge in [0.2, 0.25) is 0 Å². The Morgan fingerprint density at radius 1 is 1.14 bits per heavy atom. The van der Waals surface area contributed by atoms with E-state index in [-0.39, 0.29) is 23.6 Å². The molecule has 3 nitrogen and oxygen atoms in total. The lowest BCUT2D eigenvalue weighted by molar-refractivity contribution is -0.160. The molecular weight excluding hydrogens is 332 g/mol. The maximum atomic E-state index is 12.7. The summed E-state index contributed by atoms with van der Waals surface area (Å²) >= 11 is 3.41. The van der Waals surface area contributed by atoms with E-state index in [4.69, 9.17) is 4.74 Å². The third-order valence-corrected chi connectivity index (χ3v) is 4.39. The Kier molecular flexibility index (Phi) is 4.87. The van der Waals surface area contributed by atoms with Crippen LogP contribution in [-0.2, 0) is 9.53 Å². The summed E-state index contributed by atoms with van der Waals surface area (Å²) in [6.45, 7) is 5.55. The topological polar surface area (TPSA) is 43.4 Å². The summed E-state index contributed by atoms with van der Waals surface area (Å²) in [5.74, 6) is -0.788. The fraction of sp³-hybridized carbons (Fsp3) is 0.529. The fourth-order valence-electron chi connectivity index (χ4n) is 2.79. The quantitative estimate of drug-likeness (QED) is 0.598. The normalized spacial score (nSPS) is 22.1. The minimum absolute atomic E-state index is 0.0378. The zero-order valence-electron chi connectivity index (χ0n) is 12.7. The van der Waals surface area contributed by atoms with Crippen molar-refractivity contribution in [1.82, 2.24) is 0 Å². The van der Waals surface area contributed by atoms with E-state index in [1.54, 1.807) is 6.07 Å². The van der Waals surface area contributed by atoms with E-state index < -0.39 is 5.60 Å². The molecular formula is C17H21BrO3. The molecule has 0 bridgehead atoms. The highest BCUT2D eigenvalue weighted by molar-refractivity contribution is 9.10. The number of rotatable bonds is 3. The molecule has 0 N–H and O–H groups in total. The first kappa shape index (κ1) is 16.2. The van der Waals surface area contributed by atoms with E-state index in [0.717, 1.165) is 23.7 Å². The number of ether oxygens (including phenoxy) is 1. The van der Waals surface area contributed by atoms with Gasteiger partial charge in [-0.2, -0.15) is 0 Å². The first-order valence-corrected chi connectivity index (χ1v) is 8.10. The molecule has 0 amide bonds. The van der Waals surface area contributed by atoms with E-state index in [9.17, 15) is 9.59 Å². The van der Waals surface area contributed by atoms with Crippen LogP contribution in [0.2, 0.25) is 0 Å². The van der Waals surface area contributed by atoms with E-state index in [2.05, 4.69) is 15.9 Å². The van der Waals surface area contributed by atoms with E-state index in [0.29, 0.717) is 5.56 Å². The molecule has 0 unspecified atom stereocenters. The maximum absolute atomic E-state index is 12.7. The molecule has 1 fully saturated rings. The van der Waals surface area contributed by atoms with Crippen LogP contribution in [0.5, 0.6) is 0 Å². The number of hydrogen-bond donors (Lipinski definition) is 0. The summed E-state index contributed by atoms with van der Waals surface area (Å²) in [6.07, 6.45) is 2.38. The molecule has 0 radical (unpaired) electrons. The van der Waals surface area contributed by atoms with Crippen molar-refractivity contribution in [3.8, 4) is 0 Å². The monoisotopic (exact) mass is 352 g/mol. The van der Waals surface area contributed by atoms with E-state index >= 15 is 0 Å². The number of benzene rings is 1. The third-order valence-electron chi connectivity index (χ3n) is 3.70. The van der Waals surface area contributed by atoms with Gasteiger partial charge < -0.3 is 4.74 Å². The van der Waals surface area contributed by atoms with Crippen molar-refractivity contribution in [1.29, 1.82) is 0 Å². The van der Waals surface area contributed by atoms with Gasteiger partial charge in [-0.1, -0.05) is 40.5 Å². The zero-order chi connectivity index (χ0) is 15.6. The Balaban J connectivity index is 2.17. The van der Waals surface area contributed by atoms with Gasteiger partial charge in [0.15, 0.2) is 5.78 Å². The van der Waals surface area contributed by atoms with Crippen LogP contribution in [0.4, 0.5) is 0 Å². The second-order valence-electron chi connectivity index (χ2n) is 6.52. The van der Waals surface area contributed by atoms with Gasteiger partial charge in [0.1, 0.15) is 5.60 Å². The highest BCUT2D eigenvalue weighted by Crippen LogP contribution is 2.37. The largest absolute Gasteiger partial charge is 0.460 e. The number of esters is 1. The van der Waals surface area contributed by atoms with Crippen molar-refractivity contribution in [3.63, 3.8) is 0 Å². The molecule has 21 heavy (non-hydrogen) atoms. The van der Waals surface area contributed by atoms with E-state index in [1.165, 1.54) is 0 Å². The standard InChI is InChI=1S/C17H21BrO3/c1-17(2,3)21-16(20)12-9-6-8-11(12)15(19)13-7-4-5-10-14(13)18/h4-5,7,10-12H,6,8-9H2,1-3H3/t11-,12-/m1/s1. The minimum atomic E-state index is -0.513. The first-order chi connectivity index (χ1) is 9.79. The lowest BCUT2D eigenvalue weighted by Crippen LogP contribution is -2.33. The summed E-state index contributed by atoms with van der Waals surface area (Å²) in [4.78, 5) is 25.0. The molecule has 1 aromatic carbocycles. The van der Waals surface area contributed by atoms with Crippen molar-refractivity contribution >= 4 is 27.7 Å². The Morgan fingerprint density at radius 2 is 1.76 bits per heavy atom. The molecule has 2 rings (SSSR count). The Labute approximate surface area is 134 Å². The zero-order valence-corrected chi connectivity index (χ0v) is 14.3. The van der Waals surface area contributed by atoms with Crippen LogP contribution in [-0.4, -0.2) is 17.4 Å². The summed E-state index contributed by atoms with van der Waals surface area (Å²) in [6, 6.07) is 7.37. The van der Waals surface area contributed by atoms with Gasteiger partial charge in [-0.15, -0.1) is 0 Å². The molecule has 0 saturated heterocycles. The molecule has 1 aliphatic carbocycles. The van der Waals surface area contributed by atoms with Gasteiger partial charge in [0, 0.05) is 16.0 Å². The highest BCUT2D eigenvalue weighted by atomic mass is 79.9. The van der Waals surface area contributed by atoms with Crippen molar-refractivity contribution < 1.29 is 14.3 Å². The van der Waals surface area contributed by atoms with Crippen LogP contribution in [0.3, 0.4) is 0 Å². The number of ketones is 1. The second-order valence-corrected chi connectivity index (χ2v) is 7.38. The van der Waals surface area contributed by atoms with Gasteiger partial charge in [0.25, 0.3) is 0 Å². The number of Topliss-reactive ketones (excluding diaryl/α,β-unsaturated/α-hetero) is 1. The number of halogens is 1. The minimum Gasteiger partial charge on any atom is -0.460 e. The van der Waals surface area contributed by atoms with Crippen molar-refractivity contribution in [2.24, 2.45) is 11.8 Å². The maximum Gasteiger partial charge on any atom is 0.310 e. The Morgan fingerprint density at radius 3 is 2.38 bits per heavy atom. The van der Waals surface area contributed by atoms with Crippen molar-refractivity contribution in [3.05, 3.63) is 34.3 Å². The second kappa shape index (κ2) is 6.30. The highest BCUT2D eigenvalue weighted by Gasteiger charge is 2.40. The summed E-state index contributed by atoms with van der Waals surface area (Å²) in [5.41, 5.74) is 0.138. The molecule has 0 spiro atoms. The summed E-state index contributed by atoms with van der Waals surface area (Å²) in [7, 11) is 0. The van der Waals surface area contributed by atoms with Gasteiger partial charge in [-0.25, -0.2) is 0 Å². The lowest BCUT2D eigenvalue weighted by Gasteiger charge is -2.24. The van der Waals surface area contributed by atoms with Crippen LogP contribution in [0, 0.1) is 11.8 Å². The molecule has 2 atom stereocenters. The SMILES string of the molecule is CC(C)(C)OC(=O)[C@@H]1CCC[C@H]1C(=O)c1ccccc1Br. The van der Waals surface area contributed by atoms with Crippen molar-refractivity contribution in [2.45, 2.75) is 45.6 Å². The smallest absolute Gasteiger partial charge is 0.310 e. The van der Waals surface area contributed by atoms with Crippen LogP contribution < -0.4 is 0 Å². The van der Waals surface area contributed by atoms with Gasteiger partial charge >= 0.3 is 5.97 Å². The van der Waals surface area contributed by atoms with Gasteiger partial charge in [-0.05, 0) is 39.7 Å². The summed E-state index contributed by atoms with van der Waals surface area (Å²) < 4.78 is 6.25. The number of hydrogen-bond acceptors (Lipinski definition) is 3. The molecule has 1 aromatic rings. The number of carbonyl (C=O) groups is 2. The number of carbonyl (C=O) groups excluding carboxylic acids is 2. The van der Waals surface area contributed by atoms with Crippen molar-refractivity contribution in [2.75, 3.05) is 0 Å². The van der Waals surface area contributed by atoms with E-state index in [1.807, 2.05) is 39.0 Å². The lowest BCUT2D eigenvalue weighted by atomic mass is 9.88. The first-order valence-electron chi connectivity index (χ1n) is 7.31.